The van der Waals surface area contributed by atoms with E-state index in [9.17, 15) is 9.59 Å². The molecule has 1 aliphatic heterocycles. The number of aromatic nitrogens is 2. The van der Waals surface area contributed by atoms with Gasteiger partial charge in [-0.1, -0.05) is 44.5 Å². The number of rotatable bonds is 8. The average Bonchev–Trinajstić information content (AvgIpc) is 2.72. The minimum Gasteiger partial charge on any atom is -0.347 e. The van der Waals surface area contributed by atoms with Crippen molar-refractivity contribution in [2.75, 3.05) is 13.1 Å². The minimum absolute atomic E-state index is 0.170. The highest BCUT2D eigenvalue weighted by Crippen LogP contribution is 2.19. The molecule has 3 rings (SSSR count). The lowest BCUT2D eigenvalue weighted by Crippen LogP contribution is -2.34. The number of hydrogen-bond acceptors (Lipinski definition) is 4. The van der Waals surface area contributed by atoms with Crippen molar-refractivity contribution in [2.24, 2.45) is 5.92 Å². The standard InChI is InChI=1S/C23H32N4O2/c1-3-4-14-27-22(28)12-11-21(25-27)23(29)24-15-19-9-5-6-10-20(19)17-26-13-7-8-18(2)16-26/h5-6,9-12,18H,3-4,7-8,13-17H2,1-2H3,(H,24,29). The molecule has 6 nitrogen and oxygen atoms in total. The van der Waals surface area contributed by atoms with E-state index in [1.165, 1.54) is 35.2 Å². The van der Waals surface area contributed by atoms with Crippen molar-refractivity contribution in [3.8, 4) is 0 Å². The Kier molecular flexibility index (Phi) is 7.58. The second-order valence-electron chi connectivity index (χ2n) is 8.07. The van der Waals surface area contributed by atoms with Crippen molar-refractivity contribution in [3.05, 3.63) is 63.6 Å². The number of hydrogen-bond donors (Lipinski definition) is 1. The molecule has 0 aliphatic carbocycles. The lowest BCUT2D eigenvalue weighted by molar-refractivity contribution is 0.0943. The minimum atomic E-state index is -0.253. The Morgan fingerprint density at radius 1 is 1.21 bits per heavy atom. The first-order valence-electron chi connectivity index (χ1n) is 10.7. The number of piperidine rings is 1. The van der Waals surface area contributed by atoms with Crippen LogP contribution in [0.3, 0.4) is 0 Å². The van der Waals surface area contributed by atoms with Crippen LogP contribution in [0.25, 0.3) is 0 Å². The summed E-state index contributed by atoms with van der Waals surface area (Å²) in [4.78, 5) is 27.0. The molecule has 0 saturated carbocycles. The van der Waals surface area contributed by atoms with Crippen molar-refractivity contribution in [1.29, 1.82) is 0 Å². The van der Waals surface area contributed by atoms with Crippen LogP contribution in [0.5, 0.6) is 0 Å². The zero-order valence-corrected chi connectivity index (χ0v) is 17.6. The number of nitrogens with one attached hydrogen (secondary N) is 1. The Labute approximate surface area is 172 Å². The van der Waals surface area contributed by atoms with Crippen molar-refractivity contribution in [3.63, 3.8) is 0 Å². The Balaban J connectivity index is 1.64. The van der Waals surface area contributed by atoms with Crippen molar-refractivity contribution < 1.29 is 4.79 Å². The van der Waals surface area contributed by atoms with Gasteiger partial charge in [0.05, 0.1) is 0 Å². The average molecular weight is 397 g/mol. The fourth-order valence-corrected chi connectivity index (χ4v) is 3.86. The monoisotopic (exact) mass is 396 g/mol. The van der Waals surface area contributed by atoms with E-state index < -0.39 is 0 Å². The second-order valence-corrected chi connectivity index (χ2v) is 8.07. The van der Waals surface area contributed by atoms with Gasteiger partial charge >= 0.3 is 0 Å². The maximum Gasteiger partial charge on any atom is 0.271 e. The SMILES string of the molecule is CCCCn1nc(C(=O)NCc2ccccc2CN2CCCC(C)C2)ccc1=O. The van der Waals surface area contributed by atoms with E-state index in [-0.39, 0.29) is 17.2 Å². The zero-order valence-electron chi connectivity index (χ0n) is 17.6. The molecule has 1 aliphatic rings. The van der Waals surface area contributed by atoms with Gasteiger partial charge in [0.2, 0.25) is 0 Å². The molecule has 1 unspecified atom stereocenters. The third-order valence-corrected chi connectivity index (χ3v) is 5.52. The molecule has 2 aromatic rings. The molecule has 1 amide bonds. The highest BCUT2D eigenvalue weighted by Gasteiger charge is 2.17. The molecule has 29 heavy (non-hydrogen) atoms. The number of nitrogens with zero attached hydrogens (tertiary/aromatic N) is 3. The highest BCUT2D eigenvalue weighted by molar-refractivity contribution is 5.91. The molecule has 0 bridgehead atoms. The summed E-state index contributed by atoms with van der Waals surface area (Å²) in [5.41, 5.74) is 2.49. The summed E-state index contributed by atoms with van der Waals surface area (Å²) in [7, 11) is 0. The number of unbranched alkanes of at least 4 members (excludes halogenated alkanes) is 1. The molecule has 1 saturated heterocycles. The van der Waals surface area contributed by atoms with Gasteiger partial charge in [-0.25, -0.2) is 4.68 Å². The van der Waals surface area contributed by atoms with Crippen LogP contribution < -0.4 is 10.9 Å². The lowest BCUT2D eigenvalue weighted by atomic mass is 9.99. The quantitative estimate of drug-likeness (QED) is 0.744. The van der Waals surface area contributed by atoms with Crippen LogP contribution in [0, 0.1) is 5.92 Å². The summed E-state index contributed by atoms with van der Waals surface area (Å²) in [6.07, 6.45) is 4.39. The summed E-state index contributed by atoms with van der Waals surface area (Å²) in [6.45, 7) is 8.53. The van der Waals surface area contributed by atoms with Gasteiger partial charge in [0.15, 0.2) is 0 Å². The van der Waals surface area contributed by atoms with Crippen molar-refractivity contribution >= 4 is 5.91 Å². The van der Waals surface area contributed by atoms with Gasteiger partial charge in [-0.15, -0.1) is 0 Å². The third-order valence-electron chi connectivity index (χ3n) is 5.52. The van der Waals surface area contributed by atoms with Crippen LogP contribution in [0.2, 0.25) is 0 Å². The highest BCUT2D eigenvalue weighted by atomic mass is 16.2. The van der Waals surface area contributed by atoms with Crippen LogP contribution >= 0.6 is 0 Å². The molecule has 2 heterocycles. The summed E-state index contributed by atoms with van der Waals surface area (Å²) in [5.74, 6) is 0.488. The van der Waals surface area contributed by atoms with Crippen LogP contribution in [0.1, 0.15) is 61.1 Å². The molecule has 1 N–H and O–H groups in total. The molecule has 1 aromatic carbocycles. The van der Waals surface area contributed by atoms with E-state index in [0.29, 0.717) is 13.1 Å². The van der Waals surface area contributed by atoms with E-state index in [1.807, 2.05) is 6.07 Å². The van der Waals surface area contributed by atoms with E-state index in [2.05, 4.69) is 47.4 Å². The Bertz CT molecular complexity index is 877. The van der Waals surface area contributed by atoms with Gasteiger partial charge in [-0.2, -0.15) is 5.10 Å². The number of benzene rings is 1. The first-order chi connectivity index (χ1) is 14.1. The van der Waals surface area contributed by atoms with Crippen molar-refractivity contribution in [2.45, 2.75) is 59.2 Å². The third kappa shape index (κ3) is 6.00. The van der Waals surface area contributed by atoms with Gasteiger partial charge in [-0.05, 0) is 48.9 Å². The van der Waals surface area contributed by atoms with Crippen LogP contribution in [-0.4, -0.2) is 33.7 Å². The van der Waals surface area contributed by atoms with Gasteiger partial charge in [-0.3, -0.25) is 14.5 Å². The molecular formula is C23H32N4O2. The van der Waals surface area contributed by atoms with Crippen LogP contribution in [0.4, 0.5) is 0 Å². The first kappa shape index (κ1) is 21.2. The molecule has 1 atom stereocenters. The Hall–Kier alpha value is -2.47. The molecule has 156 valence electrons. The van der Waals surface area contributed by atoms with Crippen LogP contribution in [0.15, 0.2) is 41.2 Å². The predicted molar refractivity (Wildman–Crippen MR) is 115 cm³/mol. The number of amides is 1. The molecule has 1 fully saturated rings. The van der Waals surface area contributed by atoms with E-state index in [4.69, 9.17) is 0 Å². The van der Waals surface area contributed by atoms with Crippen LogP contribution in [-0.2, 0) is 19.6 Å². The summed E-state index contributed by atoms with van der Waals surface area (Å²) >= 11 is 0. The van der Waals surface area contributed by atoms with Crippen molar-refractivity contribution in [1.82, 2.24) is 20.0 Å². The maximum atomic E-state index is 12.6. The van der Waals surface area contributed by atoms with Gasteiger partial charge in [0.25, 0.3) is 11.5 Å². The lowest BCUT2D eigenvalue weighted by Gasteiger charge is -2.31. The zero-order chi connectivity index (χ0) is 20.6. The molecule has 1 aromatic heterocycles. The van der Waals surface area contributed by atoms with E-state index >= 15 is 0 Å². The summed E-state index contributed by atoms with van der Waals surface area (Å²) in [6, 6.07) is 11.2. The number of carbonyl (C=O) groups is 1. The topological polar surface area (TPSA) is 67.2 Å². The van der Waals surface area contributed by atoms with Gasteiger partial charge < -0.3 is 5.32 Å². The van der Waals surface area contributed by atoms with E-state index in [0.717, 1.165) is 44.0 Å². The number of carbonyl (C=O) groups excluding carboxylic acids is 1. The Morgan fingerprint density at radius 3 is 2.76 bits per heavy atom. The van der Waals surface area contributed by atoms with E-state index in [1.54, 1.807) is 0 Å². The largest absolute Gasteiger partial charge is 0.347 e. The molecule has 6 heteroatoms. The second kappa shape index (κ2) is 10.3. The fraction of sp³-hybridized carbons (Fsp3) is 0.522. The summed E-state index contributed by atoms with van der Waals surface area (Å²) < 4.78 is 1.38. The Morgan fingerprint density at radius 2 is 2.00 bits per heavy atom. The molecule has 0 spiro atoms. The molecular weight excluding hydrogens is 364 g/mol. The number of likely N-dealkylation sites (tertiary alicyclic amines) is 1. The van der Waals surface area contributed by atoms with Gasteiger partial charge in [0.1, 0.15) is 5.69 Å². The first-order valence-corrected chi connectivity index (χ1v) is 10.7. The maximum absolute atomic E-state index is 12.6. The normalized spacial score (nSPS) is 17.2. The fourth-order valence-electron chi connectivity index (χ4n) is 3.86. The summed E-state index contributed by atoms with van der Waals surface area (Å²) in [5, 5.41) is 7.20. The number of aryl methyl sites for hydroxylation is 1. The smallest absolute Gasteiger partial charge is 0.271 e. The van der Waals surface area contributed by atoms with Gasteiger partial charge in [0, 0.05) is 32.2 Å². The molecule has 0 radical (unpaired) electrons. The predicted octanol–water partition coefficient (Wildman–Crippen LogP) is 3.21.